The summed E-state index contributed by atoms with van der Waals surface area (Å²) >= 11 is 0. The Bertz CT molecular complexity index is 2140. The average molecular weight is 785 g/mol. The standard InChI is InChI=1S/C49H54O7Si/c1-49(2,3)57(4,5)56-46-30-41(52-32-36-18-10-6-11-19-36)29-45(54-34-38-22-14-8-15-23-38)42(46)31-43(50)48(51)40-26-27-44(53-33-37-20-12-7-13-21-37)47(28-40)55-35-39-24-16-9-17-25-39/h6-30,43,48,50-51H,31-35H2,1-5H3/t43-,48+/m1/s1/i31+1,48+1. The van der Waals surface area contributed by atoms with E-state index >= 15 is 0 Å². The highest BCUT2D eigenvalue weighted by Crippen LogP contribution is 2.43. The molecule has 0 aliphatic heterocycles. The third kappa shape index (κ3) is 11.5. The van der Waals surface area contributed by atoms with Crippen molar-refractivity contribution in [1.82, 2.24) is 0 Å². The third-order valence-corrected chi connectivity index (χ3v) is 14.7. The summed E-state index contributed by atoms with van der Waals surface area (Å²) < 4.78 is 32.4. The summed E-state index contributed by atoms with van der Waals surface area (Å²) in [6.07, 6.45) is -2.47. The zero-order chi connectivity index (χ0) is 40.3. The van der Waals surface area contributed by atoms with Gasteiger partial charge in [-0.3, -0.25) is 0 Å². The minimum atomic E-state index is -2.41. The van der Waals surface area contributed by atoms with Gasteiger partial charge in [0.05, 0.1) is 6.10 Å². The first kappa shape index (κ1) is 41.1. The van der Waals surface area contributed by atoms with Crippen LogP contribution in [0.15, 0.2) is 152 Å². The molecule has 0 radical (unpaired) electrons. The monoisotopic (exact) mass is 784 g/mol. The molecule has 0 saturated heterocycles. The second-order valence-electron chi connectivity index (χ2n) is 15.8. The minimum absolute atomic E-state index is 0.0423. The van der Waals surface area contributed by atoms with Gasteiger partial charge < -0.3 is 33.6 Å². The molecular formula is C49H54O7Si. The molecule has 0 saturated carbocycles. The molecule has 0 spiro atoms. The fourth-order valence-electron chi connectivity index (χ4n) is 5.96. The molecule has 0 aliphatic rings. The van der Waals surface area contributed by atoms with E-state index in [0.29, 0.717) is 66.3 Å². The van der Waals surface area contributed by atoms with Crippen LogP contribution in [0, 0.1) is 0 Å². The molecule has 6 rings (SSSR count). The van der Waals surface area contributed by atoms with Crippen LogP contribution >= 0.6 is 0 Å². The SMILES string of the molecule is CC(C)(C)[Si](C)(C)Oc1cc(OCc2ccccc2)cc(OCc2ccccc2)c1[13CH2][C@@H](O)[13C@@H](O)c1ccc(OCc2ccccc2)c(OCc2ccccc2)c1. The lowest BCUT2D eigenvalue weighted by Crippen LogP contribution is -2.44. The number of aliphatic hydroxyl groups is 2. The van der Waals surface area contributed by atoms with Crippen LogP contribution in [0.5, 0.6) is 28.7 Å². The smallest absolute Gasteiger partial charge is 0.250 e. The largest absolute Gasteiger partial charge is 0.543 e. The molecule has 0 bridgehead atoms. The van der Waals surface area contributed by atoms with Crippen molar-refractivity contribution in [1.29, 1.82) is 0 Å². The van der Waals surface area contributed by atoms with Crippen molar-refractivity contribution in [2.75, 3.05) is 0 Å². The molecule has 296 valence electrons. The van der Waals surface area contributed by atoms with Gasteiger partial charge in [0.1, 0.15) is 49.8 Å². The van der Waals surface area contributed by atoms with Crippen LogP contribution in [0.1, 0.15) is 60.3 Å². The van der Waals surface area contributed by atoms with Gasteiger partial charge in [0, 0.05) is 24.1 Å². The van der Waals surface area contributed by atoms with Gasteiger partial charge in [0.2, 0.25) is 8.32 Å². The molecule has 6 aromatic rings. The van der Waals surface area contributed by atoms with Crippen LogP contribution in [0.2, 0.25) is 18.1 Å². The van der Waals surface area contributed by atoms with E-state index in [1.807, 2.05) is 133 Å². The highest BCUT2D eigenvalue weighted by atomic mass is 28.4. The molecular weight excluding hydrogens is 731 g/mol. The minimum Gasteiger partial charge on any atom is -0.543 e. The highest BCUT2D eigenvalue weighted by Gasteiger charge is 2.40. The first-order valence-electron chi connectivity index (χ1n) is 19.5. The summed E-state index contributed by atoms with van der Waals surface area (Å²) in [7, 11) is -2.41. The molecule has 0 aliphatic carbocycles. The summed E-state index contributed by atoms with van der Waals surface area (Å²) in [5.74, 6) is 2.67. The Morgan fingerprint density at radius 1 is 0.491 bits per heavy atom. The summed E-state index contributed by atoms with van der Waals surface area (Å²) in [6, 6.07) is 48.7. The molecule has 2 N–H and O–H groups in total. The number of hydrogen-bond acceptors (Lipinski definition) is 7. The normalized spacial score (nSPS) is 12.7. The summed E-state index contributed by atoms with van der Waals surface area (Å²) in [6.45, 7) is 12.2. The topological polar surface area (TPSA) is 86.6 Å². The first-order chi connectivity index (χ1) is 27.4. The van der Waals surface area contributed by atoms with Gasteiger partial charge in [-0.25, -0.2) is 0 Å². The van der Waals surface area contributed by atoms with E-state index in [1.165, 1.54) is 0 Å². The van der Waals surface area contributed by atoms with E-state index in [9.17, 15) is 10.2 Å². The fourth-order valence-corrected chi connectivity index (χ4v) is 7.00. The van der Waals surface area contributed by atoms with Crippen molar-refractivity contribution in [3.8, 4) is 28.7 Å². The fraction of sp³-hybridized carbons (Fsp3) is 0.265. The van der Waals surface area contributed by atoms with E-state index in [2.05, 4.69) is 33.9 Å². The van der Waals surface area contributed by atoms with Gasteiger partial charge in [-0.15, -0.1) is 0 Å². The Kier molecular flexibility index (Phi) is 13.7. The Morgan fingerprint density at radius 2 is 0.912 bits per heavy atom. The predicted octanol–water partition coefficient (Wildman–Crippen LogP) is 11.0. The van der Waals surface area contributed by atoms with Gasteiger partial charge in [0.15, 0.2) is 11.5 Å². The lowest BCUT2D eigenvalue weighted by molar-refractivity contribution is 0.0181. The Hall–Kier alpha value is -5.54. The van der Waals surface area contributed by atoms with Gasteiger partial charge >= 0.3 is 0 Å². The number of hydrogen-bond donors (Lipinski definition) is 2. The molecule has 2 atom stereocenters. The van der Waals surface area contributed by atoms with Crippen molar-refractivity contribution < 1.29 is 33.6 Å². The zero-order valence-electron chi connectivity index (χ0n) is 33.6. The van der Waals surface area contributed by atoms with Crippen molar-refractivity contribution >= 4 is 8.32 Å². The lowest BCUT2D eigenvalue weighted by atomic mass is 10.1. The maximum atomic E-state index is 11.9. The maximum absolute atomic E-state index is 11.9. The average Bonchev–Trinajstić information content (AvgIpc) is 3.22. The van der Waals surface area contributed by atoms with Crippen LogP contribution in [0.25, 0.3) is 0 Å². The van der Waals surface area contributed by atoms with Gasteiger partial charge in [-0.1, -0.05) is 148 Å². The van der Waals surface area contributed by atoms with Crippen LogP contribution < -0.4 is 23.4 Å². The Morgan fingerprint density at radius 3 is 1.39 bits per heavy atom. The molecule has 0 amide bonds. The molecule has 6 aromatic carbocycles. The van der Waals surface area contributed by atoms with Crippen LogP contribution in [-0.4, -0.2) is 24.6 Å². The van der Waals surface area contributed by atoms with Crippen LogP contribution in [0.4, 0.5) is 0 Å². The van der Waals surface area contributed by atoms with Gasteiger partial charge in [0.25, 0.3) is 0 Å². The first-order valence-corrected chi connectivity index (χ1v) is 22.4. The second kappa shape index (κ2) is 19.1. The quantitative estimate of drug-likeness (QED) is 0.0663. The molecule has 0 fully saturated rings. The lowest BCUT2D eigenvalue weighted by Gasteiger charge is -2.37. The van der Waals surface area contributed by atoms with Crippen LogP contribution in [0.3, 0.4) is 0 Å². The van der Waals surface area contributed by atoms with E-state index in [4.69, 9.17) is 23.4 Å². The van der Waals surface area contributed by atoms with Gasteiger partial charge in [-0.2, -0.15) is 0 Å². The molecule has 57 heavy (non-hydrogen) atoms. The molecule has 7 nitrogen and oxygen atoms in total. The third-order valence-electron chi connectivity index (χ3n) is 10.4. The predicted molar refractivity (Wildman–Crippen MR) is 228 cm³/mol. The molecule has 0 aromatic heterocycles. The summed E-state index contributed by atoms with van der Waals surface area (Å²) in [5.41, 5.74) is 5.16. The second-order valence-corrected chi connectivity index (χ2v) is 20.5. The number of benzene rings is 6. The van der Waals surface area contributed by atoms with E-state index in [-0.39, 0.29) is 11.5 Å². The highest BCUT2D eigenvalue weighted by molar-refractivity contribution is 6.74. The van der Waals surface area contributed by atoms with Crippen molar-refractivity contribution in [2.45, 2.75) is 84.0 Å². The summed E-state index contributed by atoms with van der Waals surface area (Å²) in [4.78, 5) is 0. The summed E-state index contributed by atoms with van der Waals surface area (Å²) in [5, 5.41) is 23.6. The van der Waals surface area contributed by atoms with Crippen LogP contribution in [-0.2, 0) is 32.8 Å². The number of rotatable bonds is 18. The van der Waals surface area contributed by atoms with Crippen molar-refractivity contribution in [3.63, 3.8) is 0 Å². The molecule has 8 heteroatoms. The Balaban J connectivity index is 1.32. The number of ether oxygens (including phenoxy) is 4. The van der Waals surface area contributed by atoms with E-state index < -0.39 is 20.5 Å². The maximum Gasteiger partial charge on any atom is 0.250 e. The zero-order valence-corrected chi connectivity index (χ0v) is 34.6. The van der Waals surface area contributed by atoms with E-state index in [1.54, 1.807) is 18.2 Å². The Labute approximate surface area is 338 Å². The van der Waals surface area contributed by atoms with Crippen molar-refractivity contribution in [3.05, 3.63) is 185 Å². The molecule has 0 heterocycles. The van der Waals surface area contributed by atoms with E-state index in [0.717, 1.165) is 22.3 Å². The van der Waals surface area contributed by atoms with Crippen molar-refractivity contribution in [2.24, 2.45) is 0 Å². The number of aliphatic hydroxyl groups excluding tert-OH is 2. The molecule has 0 unspecified atom stereocenters. The van der Waals surface area contributed by atoms with Gasteiger partial charge in [-0.05, 0) is 58.1 Å².